The number of hydrogen-bond donors (Lipinski definition) is 0. The number of carbonyl (C=O) groups excluding carboxylic acids is 2. The van der Waals surface area contributed by atoms with Crippen LogP contribution in [0.25, 0.3) is 0 Å². The van der Waals surface area contributed by atoms with Crippen LogP contribution in [-0.4, -0.2) is 62.3 Å². The van der Waals surface area contributed by atoms with E-state index in [1.807, 2.05) is 18.2 Å². The fraction of sp³-hybridized carbons (Fsp3) is 0.500. The monoisotopic (exact) mass is 387 g/mol. The van der Waals surface area contributed by atoms with Crippen molar-refractivity contribution in [2.45, 2.75) is 37.0 Å². The van der Waals surface area contributed by atoms with Gasteiger partial charge in [0, 0.05) is 7.11 Å². The van der Waals surface area contributed by atoms with E-state index < -0.39 is 23.6 Å². The highest BCUT2D eigenvalue weighted by Crippen LogP contribution is 2.53. The Morgan fingerprint density at radius 3 is 2.86 bits per heavy atom. The van der Waals surface area contributed by atoms with Gasteiger partial charge in [-0.3, -0.25) is 4.90 Å². The third-order valence-electron chi connectivity index (χ3n) is 6.12. The number of nitrogens with zero attached hydrogens (tertiary/aromatic N) is 1. The first-order valence-electron chi connectivity index (χ1n) is 9.39. The van der Waals surface area contributed by atoms with E-state index in [1.54, 1.807) is 25.0 Å². The van der Waals surface area contributed by atoms with Crippen LogP contribution in [0.4, 0.5) is 4.79 Å². The molecule has 28 heavy (non-hydrogen) atoms. The highest BCUT2D eigenvalue weighted by Gasteiger charge is 2.62. The number of hydrogen-bond acceptors (Lipinski definition) is 7. The molecule has 0 radical (unpaired) electrons. The van der Waals surface area contributed by atoms with E-state index in [0.717, 1.165) is 5.56 Å². The zero-order valence-corrected chi connectivity index (χ0v) is 15.7. The molecule has 1 aromatic rings. The van der Waals surface area contributed by atoms with Gasteiger partial charge in [0.05, 0.1) is 36.3 Å². The van der Waals surface area contributed by atoms with Crippen LogP contribution in [0, 0.1) is 0 Å². The van der Waals surface area contributed by atoms with Crippen LogP contribution in [0.2, 0.25) is 0 Å². The van der Waals surface area contributed by atoms with E-state index in [9.17, 15) is 9.59 Å². The first-order chi connectivity index (χ1) is 13.6. The topological polar surface area (TPSA) is 83.5 Å². The van der Waals surface area contributed by atoms with Gasteiger partial charge in [-0.15, -0.1) is 0 Å². The first-order valence-corrected chi connectivity index (χ1v) is 9.39. The van der Waals surface area contributed by atoms with Gasteiger partial charge in [0.15, 0.2) is 11.5 Å². The number of carbonyl (C=O) groups is 2. The summed E-state index contributed by atoms with van der Waals surface area (Å²) in [6, 6.07) is 3.26. The fourth-order valence-electron chi connectivity index (χ4n) is 4.86. The molecule has 0 saturated carbocycles. The van der Waals surface area contributed by atoms with Gasteiger partial charge in [0.25, 0.3) is 0 Å². The predicted octanol–water partition coefficient (Wildman–Crippen LogP) is 2.01. The average Bonchev–Trinajstić information content (AvgIpc) is 3.29. The average molecular weight is 387 g/mol. The van der Waals surface area contributed by atoms with Crippen molar-refractivity contribution in [1.82, 2.24) is 4.90 Å². The van der Waals surface area contributed by atoms with Gasteiger partial charge in [-0.2, -0.15) is 0 Å². The Kier molecular flexibility index (Phi) is 3.80. The van der Waals surface area contributed by atoms with Crippen LogP contribution in [0.1, 0.15) is 29.3 Å². The number of methoxy groups -OCH3 is 1. The maximum Gasteiger partial charge on any atom is 0.410 e. The Bertz CT molecular complexity index is 882. The molecule has 3 heterocycles. The smallest absolute Gasteiger partial charge is 0.410 e. The summed E-state index contributed by atoms with van der Waals surface area (Å²) in [4.78, 5) is 27.1. The van der Waals surface area contributed by atoms with E-state index in [1.165, 1.54) is 0 Å². The fourth-order valence-corrected chi connectivity index (χ4v) is 4.86. The molecule has 3 aliphatic heterocycles. The summed E-state index contributed by atoms with van der Waals surface area (Å²) in [6.07, 6.45) is 3.52. The van der Waals surface area contributed by atoms with Crippen molar-refractivity contribution in [3.63, 3.8) is 0 Å². The minimum atomic E-state index is -0.675. The molecule has 4 unspecified atom stereocenters. The van der Waals surface area contributed by atoms with Crippen molar-refractivity contribution in [2.24, 2.45) is 0 Å². The van der Waals surface area contributed by atoms with Crippen LogP contribution in [0.15, 0.2) is 24.3 Å². The third-order valence-corrected chi connectivity index (χ3v) is 6.12. The predicted molar refractivity (Wildman–Crippen MR) is 95.5 cm³/mol. The van der Waals surface area contributed by atoms with Crippen LogP contribution < -0.4 is 9.47 Å². The number of esters is 1. The molecule has 1 aromatic carbocycles. The lowest BCUT2D eigenvalue weighted by molar-refractivity contribution is 0.0118. The van der Waals surface area contributed by atoms with Crippen molar-refractivity contribution < 1.29 is 33.3 Å². The maximum absolute atomic E-state index is 12.7. The summed E-state index contributed by atoms with van der Waals surface area (Å²) in [5.74, 6) is 0.699. The molecule has 1 spiro atoms. The van der Waals surface area contributed by atoms with Crippen LogP contribution in [0.5, 0.6) is 11.5 Å². The SMILES string of the molecule is CCOC(=O)N1CC2OC(=O)c3cc4c(cc3C23C=CC(OC)CC13)OCO4. The zero-order valence-electron chi connectivity index (χ0n) is 15.7. The molecule has 0 aromatic heterocycles. The van der Waals surface area contributed by atoms with E-state index in [0.29, 0.717) is 23.5 Å². The highest BCUT2D eigenvalue weighted by molar-refractivity contribution is 5.95. The molecular weight excluding hydrogens is 366 g/mol. The third kappa shape index (κ3) is 2.21. The minimum Gasteiger partial charge on any atom is -0.455 e. The lowest BCUT2D eigenvalue weighted by atomic mass is 9.65. The molecule has 5 rings (SSSR count). The second-order valence-electron chi connectivity index (χ2n) is 7.31. The summed E-state index contributed by atoms with van der Waals surface area (Å²) >= 11 is 0. The van der Waals surface area contributed by atoms with Crippen LogP contribution in [-0.2, 0) is 19.6 Å². The molecule has 4 atom stereocenters. The van der Waals surface area contributed by atoms with E-state index >= 15 is 0 Å². The Hall–Kier alpha value is -2.74. The summed E-state index contributed by atoms with van der Waals surface area (Å²) in [5, 5.41) is 0. The van der Waals surface area contributed by atoms with E-state index in [4.69, 9.17) is 23.7 Å². The molecule has 1 saturated heterocycles. The molecule has 1 fully saturated rings. The van der Waals surface area contributed by atoms with Gasteiger partial charge in [0.2, 0.25) is 6.79 Å². The molecular formula is C20H21NO7. The maximum atomic E-state index is 12.7. The molecule has 8 nitrogen and oxygen atoms in total. The molecule has 148 valence electrons. The van der Waals surface area contributed by atoms with Gasteiger partial charge in [-0.25, -0.2) is 9.59 Å². The Morgan fingerprint density at radius 1 is 1.32 bits per heavy atom. The van der Waals surface area contributed by atoms with Gasteiger partial charge in [0.1, 0.15) is 6.10 Å². The lowest BCUT2D eigenvalue weighted by Gasteiger charge is -2.44. The van der Waals surface area contributed by atoms with Crippen molar-refractivity contribution in [3.8, 4) is 11.5 Å². The summed E-state index contributed by atoms with van der Waals surface area (Å²) in [7, 11) is 1.64. The van der Waals surface area contributed by atoms with Gasteiger partial charge >= 0.3 is 12.1 Å². The normalized spacial score (nSPS) is 31.7. The number of ether oxygens (including phenoxy) is 5. The molecule has 0 bridgehead atoms. The Labute approximate surface area is 161 Å². The highest BCUT2D eigenvalue weighted by atomic mass is 16.7. The number of benzene rings is 1. The number of fused-ring (bicyclic) bond motifs is 2. The standard InChI is InChI=1S/C20H21NO7/c1-3-25-19(23)21-9-17-20(5-4-11(24-2)6-16(20)21)13-8-15-14(26-10-27-15)7-12(13)18(22)28-17/h4-5,7-8,11,16-17H,3,6,9-10H2,1-2H3. The first kappa shape index (κ1) is 17.4. The van der Waals surface area contributed by atoms with Crippen molar-refractivity contribution in [2.75, 3.05) is 27.1 Å². The van der Waals surface area contributed by atoms with Crippen molar-refractivity contribution in [3.05, 3.63) is 35.4 Å². The molecule has 1 aliphatic carbocycles. The van der Waals surface area contributed by atoms with Gasteiger partial charge in [-0.1, -0.05) is 12.2 Å². The lowest BCUT2D eigenvalue weighted by Crippen LogP contribution is -2.53. The largest absolute Gasteiger partial charge is 0.455 e. The Balaban J connectivity index is 1.68. The van der Waals surface area contributed by atoms with E-state index in [2.05, 4.69) is 0 Å². The summed E-state index contributed by atoms with van der Waals surface area (Å²) < 4.78 is 27.6. The molecule has 0 N–H and O–H groups in total. The number of rotatable bonds is 2. The zero-order chi connectivity index (χ0) is 19.5. The number of likely N-dealkylation sites (tertiary alicyclic amines) is 1. The molecule has 8 heteroatoms. The Morgan fingerprint density at radius 2 is 2.11 bits per heavy atom. The molecule has 1 amide bonds. The summed E-state index contributed by atoms with van der Waals surface area (Å²) in [6.45, 7) is 2.43. The second kappa shape index (κ2) is 6.13. The summed E-state index contributed by atoms with van der Waals surface area (Å²) in [5.41, 5.74) is 0.559. The quantitative estimate of drug-likeness (QED) is 0.567. The minimum absolute atomic E-state index is 0.115. The van der Waals surface area contributed by atoms with Gasteiger partial charge in [-0.05, 0) is 31.0 Å². The molecule has 4 aliphatic rings. The number of amides is 1. The second-order valence-corrected chi connectivity index (χ2v) is 7.31. The van der Waals surface area contributed by atoms with Gasteiger partial charge < -0.3 is 23.7 Å². The van der Waals surface area contributed by atoms with E-state index in [-0.39, 0.29) is 32.1 Å². The van der Waals surface area contributed by atoms with Crippen molar-refractivity contribution in [1.29, 1.82) is 0 Å². The van der Waals surface area contributed by atoms with Crippen molar-refractivity contribution >= 4 is 12.1 Å². The van der Waals surface area contributed by atoms with Crippen LogP contribution in [0.3, 0.4) is 0 Å². The van der Waals surface area contributed by atoms with Crippen LogP contribution >= 0.6 is 0 Å².